The Hall–Kier alpha value is -3.74. The fourth-order valence-electron chi connectivity index (χ4n) is 3.27. The lowest BCUT2D eigenvalue weighted by Gasteiger charge is -2.09. The molecule has 0 atom stereocenters. The summed E-state index contributed by atoms with van der Waals surface area (Å²) in [6.45, 7) is 4.42. The van der Waals surface area contributed by atoms with Crippen molar-refractivity contribution in [2.75, 3.05) is 5.32 Å². The number of aromatic amines is 1. The van der Waals surface area contributed by atoms with E-state index in [-0.39, 0.29) is 0 Å². The molecule has 2 heterocycles. The maximum absolute atomic E-state index is 11.7. The number of hydrogen-bond donors (Lipinski definition) is 3. The van der Waals surface area contributed by atoms with Crippen molar-refractivity contribution in [3.05, 3.63) is 71.0 Å². The maximum atomic E-state index is 11.7. The highest BCUT2D eigenvalue weighted by atomic mass is 16.1. The summed E-state index contributed by atoms with van der Waals surface area (Å²) in [4.78, 5) is 19.7. The van der Waals surface area contributed by atoms with E-state index in [0.717, 1.165) is 27.9 Å². The van der Waals surface area contributed by atoms with Crippen LogP contribution in [0.5, 0.6) is 0 Å². The van der Waals surface area contributed by atoms with Crippen molar-refractivity contribution in [1.29, 1.82) is 0 Å². The molecule has 0 saturated heterocycles. The molecule has 0 fully saturated rings. The van der Waals surface area contributed by atoms with Crippen LogP contribution in [0, 0.1) is 13.8 Å². The Labute approximate surface area is 162 Å². The Kier molecular flexibility index (Phi) is 4.49. The van der Waals surface area contributed by atoms with Crippen LogP contribution < -0.4 is 11.1 Å². The molecule has 1 amide bonds. The van der Waals surface area contributed by atoms with E-state index >= 15 is 0 Å². The monoisotopic (exact) mass is 372 g/mol. The van der Waals surface area contributed by atoms with E-state index in [1.165, 1.54) is 0 Å². The van der Waals surface area contributed by atoms with Gasteiger partial charge in [-0.05, 0) is 25.5 Å². The van der Waals surface area contributed by atoms with E-state index in [4.69, 9.17) is 10.7 Å². The molecule has 2 aromatic carbocycles. The number of carbonyl (C=O) groups is 1. The maximum Gasteiger partial charge on any atom is 0.250 e. The van der Waals surface area contributed by atoms with Crippen LogP contribution in [0.15, 0.2) is 48.5 Å². The molecule has 4 aromatic rings. The van der Waals surface area contributed by atoms with Gasteiger partial charge in [0.15, 0.2) is 11.6 Å². The molecular weight excluding hydrogens is 352 g/mol. The van der Waals surface area contributed by atoms with Crippen molar-refractivity contribution >= 4 is 22.6 Å². The third-order valence-corrected chi connectivity index (χ3v) is 4.67. The zero-order valence-corrected chi connectivity index (χ0v) is 15.7. The van der Waals surface area contributed by atoms with Crippen molar-refractivity contribution in [3.63, 3.8) is 0 Å². The molecule has 0 aliphatic carbocycles. The van der Waals surface area contributed by atoms with Gasteiger partial charge in [-0.1, -0.05) is 42.5 Å². The molecule has 4 rings (SSSR count). The predicted molar refractivity (Wildman–Crippen MR) is 109 cm³/mol. The topological polar surface area (TPSA) is 110 Å². The molecule has 0 aliphatic heterocycles. The highest BCUT2D eigenvalue weighted by Gasteiger charge is 2.18. The van der Waals surface area contributed by atoms with Gasteiger partial charge < -0.3 is 16.0 Å². The first kappa shape index (κ1) is 17.7. The average Bonchev–Trinajstić information content (AvgIpc) is 3.04. The van der Waals surface area contributed by atoms with Crippen LogP contribution in [-0.4, -0.2) is 26.1 Å². The highest BCUT2D eigenvalue weighted by molar-refractivity contribution is 6.09. The summed E-state index contributed by atoms with van der Waals surface area (Å²) in [5.74, 6) is 0.687. The van der Waals surface area contributed by atoms with Gasteiger partial charge in [-0.3, -0.25) is 4.79 Å². The Morgan fingerprint density at radius 1 is 1.07 bits per heavy atom. The minimum atomic E-state index is -0.480. The lowest BCUT2D eigenvalue weighted by molar-refractivity contribution is 0.100. The third kappa shape index (κ3) is 3.18. The summed E-state index contributed by atoms with van der Waals surface area (Å²) in [7, 11) is 0. The number of aryl methyl sites for hydroxylation is 2. The number of H-pyrrole nitrogens is 1. The van der Waals surface area contributed by atoms with Gasteiger partial charge in [-0.2, -0.15) is 0 Å². The molecule has 7 nitrogen and oxygen atoms in total. The fourth-order valence-corrected chi connectivity index (χ4v) is 3.27. The molecule has 4 N–H and O–H groups in total. The van der Waals surface area contributed by atoms with Gasteiger partial charge in [0.2, 0.25) is 0 Å². The normalized spacial score (nSPS) is 10.9. The lowest BCUT2D eigenvalue weighted by atomic mass is 10.1. The van der Waals surface area contributed by atoms with E-state index in [1.807, 2.05) is 50.2 Å². The quantitative estimate of drug-likeness (QED) is 0.498. The first-order chi connectivity index (χ1) is 13.5. The van der Waals surface area contributed by atoms with Crippen LogP contribution in [0.25, 0.3) is 22.3 Å². The predicted octanol–water partition coefficient (Wildman–Crippen LogP) is 3.35. The minimum absolute atomic E-state index is 0.439. The van der Waals surface area contributed by atoms with Crippen LogP contribution in [0.4, 0.5) is 5.82 Å². The SMILES string of the molecule is Cc1nnc(-c2c(C)[nH]c3c(C(N)=O)cccc23)nc1NCc1ccccc1. The number of fused-ring (bicyclic) bond motifs is 1. The number of amides is 1. The van der Waals surface area contributed by atoms with Crippen molar-refractivity contribution in [2.45, 2.75) is 20.4 Å². The molecule has 0 saturated carbocycles. The van der Waals surface area contributed by atoms with Gasteiger partial charge in [-0.25, -0.2) is 4.98 Å². The summed E-state index contributed by atoms with van der Waals surface area (Å²) in [6.07, 6.45) is 0. The Morgan fingerprint density at radius 3 is 2.61 bits per heavy atom. The number of para-hydroxylation sites is 1. The van der Waals surface area contributed by atoms with Crippen LogP contribution >= 0.6 is 0 Å². The van der Waals surface area contributed by atoms with E-state index in [1.54, 1.807) is 12.1 Å². The summed E-state index contributed by atoms with van der Waals surface area (Å²) >= 11 is 0. The lowest BCUT2D eigenvalue weighted by Crippen LogP contribution is -2.11. The summed E-state index contributed by atoms with van der Waals surface area (Å²) in [6, 6.07) is 15.5. The van der Waals surface area contributed by atoms with Crippen LogP contribution in [-0.2, 0) is 6.54 Å². The number of benzene rings is 2. The van der Waals surface area contributed by atoms with Gasteiger partial charge in [0.1, 0.15) is 5.69 Å². The van der Waals surface area contributed by atoms with E-state index in [0.29, 0.717) is 29.3 Å². The van der Waals surface area contributed by atoms with Crippen LogP contribution in [0.3, 0.4) is 0 Å². The standard InChI is InChI=1S/C21H20N6O/c1-12-17(15-9-6-10-16(19(22)28)18(15)24-12)21-25-20(13(2)26-27-21)23-11-14-7-4-3-5-8-14/h3-10,24H,11H2,1-2H3,(H2,22,28)(H,23,25,27). The molecule has 140 valence electrons. The van der Waals surface area contributed by atoms with Crippen LogP contribution in [0.2, 0.25) is 0 Å². The average molecular weight is 372 g/mol. The first-order valence-electron chi connectivity index (χ1n) is 8.95. The second-order valence-corrected chi connectivity index (χ2v) is 6.63. The zero-order valence-electron chi connectivity index (χ0n) is 15.7. The molecule has 0 unspecified atom stereocenters. The number of nitrogens with one attached hydrogen (secondary N) is 2. The van der Waals surface area contributed by atoms with Crippen molar-refractivity contribution in [1.82, 2.24) is 20.2 Å². The highest BCUT2D eigenvalue weighted by Crippen LogP contribution is 2.32. The van der Waals surface area contributed by atoms with Crippen LogP contribution in [0.1, 0.15) is 27.3 Å². The number of aromatic nitrogens is 4. The van der Waals surface area contributed by atoms with Gasteiger partial charge in [0.05, 0.1) is 11.1 Å². The first-order valence-corrected chi connectivity index (χ1v) is 8.95. The fraction of sp³-hybridized carbons (Fsp3) is 0.143. The zero-order chi connectivity index (χ0) is 19.7. The van der Waals surface area contributed by atoms with Gasteiger partial charge in [-0.15, -0.1) is 10.2 Å². The Bertz CT molecular complexity index is 1170. The smallest absolute Gasteiger partial charge is 0.250 e. The largest absolute Gasteiger partial charge is 0.366 e. The molecule has 2 aromatic heterocycles. The van der Waals surface area contributed by atoms with Crippen molar-refractivity contribution < 1.29 is 4.79 Å². The van der Waals surface area contributed by atoms with E-state index in [2.05, 4.69) is 20.5 Å². The van der Waals surface area contributed by atoms with E-state index < -0.39 is 5.91 Å². The van der Waals surface area contributed by atoms with Crippen molar-refractivity contribution in [3.8, 4) is 11.4 Å². The van der Waals surface area contributed by atoms with Gasteiger partial charge >= 0.3 is 0 Å². The number of nitrogens with zero attached hydrogens (tertiary/aromatic N) is 3. The molecule has 0 spiro atoms. The van der Waals surface area contributed by atoms with E-state index in [9.17, 15) is 4.79 Å². The number of primary amides is 1. The third-order valence-electron chi connectivity index (χ3n) is 4.67. The molecule has 0 radical (unpaired) electrons. The van der Waals surface area contributed by atoms with Gasteiger partial charge in [0.25, 0.3) is 5.91 Å². The minimum Gasteiger partial charge on any atom is -0.366 e. The van der Waals surface area contributed by atoms with Crippen molar-refractivity contribution in [2.24, 2.45) is 5.73 Å². The molecule has 0 bridgehead atoms. The summed E-state index contributed by atoms with van der Waals surface area (Å²) in [5, 5.41) is 12.7. The second kappa shape index (κ2) is 7.11. The number of carbonyl (C=O) groups excluding carboxylic acids is 1. The number of nitrogens with two attached hydrogens (primary N) is 1. The Balaban J connectivity index is 1.75. The number of hydrogen-bond acceptors (Lipinski definition) is 5. The second-order valence-electron chi connectivity index (χ2n) is 6.63. The number of anilines is 1. The summed E-state index contributed by atoms with van der Waals surface area (Å²) < 4.78 is 0. The van der Waals surface area contributed by atoms with Gasteiger partial charge in [0, 0.05) is 23.2 Å². The number of rotatable bonds is 5. The molecule has 0 aliphatic rings. The Morgan fingerprint density at radius 2 is 1.86 bits per heavy atom. The summed E-state index contributed by atoms with van der Waals surface area (Å²) in [5.41, 5.74) is 10.2. The molecular formula is C21H20N6O. The molecule has 7 heteroatoms. The molecule has 28 heavy (non-hydrogen) atoms.